The Labute approximate surface area is 61.4 Å². The number of nitrogens with zero attached hydrogens (tertiary/aromatic N) is 2. The molecule has 0 unspecified atom stereocenters. The Morgan fingerprint density at radius 3 is 2.70 bits per heavy atom. The third-order valence-electron chi connectivity index (χ3n) is 1.71. The van der Waals surface area contributed by atoms with Crippen LogP contribution in [-0.2, 0) is 4.79 Å². The lowest BCUT2D eigenvalue weighted by Gasteiger charge is -2.25. The number of carbonyl (C=O) groups is 1. The summed E-state index contributed by atoms with van der Waals surface area (Å²) in [6.07, 6.45) is 1.64. The largest absolute Gasteiger partial charge is 0.303 e. The van der Waals surface area contributed by atoms with Gasteiger partial charge >= 0.3 is 0 Å². The molecule has 1 aliphatic rings. The predicted molar refractivity (Wildman–Crippen MR) is 39.0 cm³/mol. The van der Waals surface area contributed by atoms with Crippen LogP contribution in [0, 0.1) is 0 Å². The van der Waals surface area contributed by atoms with Crippen LogP contribution < -0.4 is 5.32 Å². The van der Waals surface area contributed by atoms with E-state index in [1.807, 2.05) is 0 Å². The zero-order valence-electron chi connectivity index (χ0n) is 6.12. The van der Waals surface area contributed by atoms with Gasteiger partial charge in [-0.15, -0.1) is 0 Å². The van der Waals surface area contributed by atoms with E-state index >= 15 is 0 Å². The summed E-state index contributed by atoms with van der Waals surface area (Å²) in [5.74, 6) is 0. The van der Waals surface area contributed by atoms with Gasteiger partial charge in [-0.3, -0.25) is 0 Å². The molecule has 1 radical (unpaired) electrons. The van der Waals surface area contributed by atoms with Crippen LogP contribution in [0.4, 0.5) is 0 Å². The Hall–Kier alpha value is -0.410. The third kappa shape index (κ3) is 2.45. The number of hydrogen-bond donors (Lipinski definition) is 0. The van der Waals surface area contributed by atoms with Crippen LogP contribution in [0.25, 0.3) is 0 Å². The van der Waals surface area contributed by atoms with Crippen LogP contribution in [0.15, 0.2) is 0 Å². The molecule has 0 aromatic heterocycles. The molecule has 3 heteroatoms. The highest BCUT2D eigenvalue weighted by Gasteiger charge is 2.08. The molecule has 1 saturated heterocycles. The fourth-order valence-corrected chi connectivity index (χ4v) is 1.11. The molecule has 1 heterocycles. The first kappa shape index (κ1) is 7.69. The molecule has 0 spiro atoms. The van der Waals surface area contributed by atoms with Crippen LogP contribution in [-0.4, -0.2) is 43.9 Å². The van der Waals surface area contributed by atoms with E-state index in [0.717, 1.165) is 39.0 Å². The van der Waals surface area contributed by atoms with Crippen molar-refractivity contribution in [3.8, 4) is 0 Å². The topological polar surface area (TPSA) is 34.4 Å². The minimum atomic E-state index is 0.667. The second kappa shape index (κ2) is 4.41. The molecule has 0 aromatic carbocycles. The fraction of sp³-hybridized carbons (Fsp3) is 0.857. The van der Waals surface area contributed by atoms with Crippen molar-refractivity contribution in [3.63, 3.8) is 0 Å². The molecular weight excluding hydrogens is 128 g/mol. The summed E-state index contributed by atoms with van der Waals surface area (Å²) < 4.78 is 0. The average molecular weight is 141 g/mol. The summed E-state index contributed by atoms with van der Waals surface area (Å²) >= 11 is 0. The van der Waals surface area contributed by atoms with Crippen LogP contribution in [0.5, 0.6) is 0 Å². The molecule has 1 aliphatic heterocycles. The van der Waals surface area contributed by atoms with Gasteiger partial charge in [-0.25, -0.2) is 5.32 Å². The maximum atomic E-state index is 10.00. The number of rotatable bonds is 3. The van der Waals surface area contributed by atoms with Crippen LogP contribution in [0.1, 0.15) is 6.42 Å². The Balaban J connectivity index is 2.07. The average Bonchev–Trinajstić information content (AvgIpc) is 2.03. The lowest BCUT2D eigenvalue weighted by Crippen LogP contribution is -2.40. The normalized spacial score (nSPS) is 20.8. The highest BCUT2D eigenvalue weighted by atomic mass is 16.1. The summed E-state index contributed by atoms with van der Waals surface area (Å²) in [4.78, 5) is 12.3. The first-order valence-corrected chi connectivity index (χ1v) is 3.73. The van der Waals surface area contributed by atoms with Crippen molar-refractivity contribution >= 4 is 6.29 Å². The molecule has 1 rings (SSSR count). The number of carbonyl (C=O) groups excluding carboxylic acids is 1. The molecule has 0 N–H and O–H groups in total. The Morgan fingerprint density at radius 1 is 1.40 bits per heavy atom. The summed E-state index contributed by atoms with van der Waals surface area (Å²) in [5, 5.41) is 4.21. The van der Waals surface area contributed by atoms with Gasteiger partial charge in [-0.05, 0) is 0 Å². The van der Waals surface area contributed by atoms with E-state index in [9.17, 15) is 4.79 Å². The standard InChI is InChI=1S/C7H13N2O/c10-7-1-4-9-5-2-8-3-6-9/h7H,1-6H2. The molecule has 0 bridgehead atoms. The second-order valence-electron chi connectivity index (χ2n) is 2.47. The molecule has 1 fully saturated rings. The lowest BCUT2D eigenvalue weighted by molar-refractivity contribution is -0.108. The summed E-state index contributed by atoms with van der Waals surface area (Å²) in [7, 11) is 0. The Kier molecular flexibility index (Phi) is 3.40. The van der Waals surface area contributed by atoms with Crippen LogP contribution in [0.3, 0.4) is 0 Å². The quantitative estimate of drug-likeness (QED) is 0.496. The highest BCUT2D eigenvalue weighted by molar-refractivity contribution is 5.49. The first-order valence-electron chi connectivity index (χ1n) is 3.73. The van der Waals surface area contributed by atoms with Gasteiger partial charge in [0.25, 0.3) is 0 Å². The van der Waals surface area contributed by atoms with Gasteiger partial charge in [0.2, 0.25) is 0 Å². The molecule has 10 heavy (non-hydrogen) atoms. The monoisotopic (exact) mass is 141 g/mol. The maximum Gasteiger partial charge on any atom is 0.121 e. The predicted octanol–water partition coefficient (Wildman–Crippen LogP) is -0.505. The first-order chi connectivity index (χ1) is 4.93. The molecule has 0 aliphatic carbocycles. The van der Waals surface area contributed by atoms with E-state index in [-0.39, 0.29) is 0 Å². The SMILES string of the molecule is O=CCCN1CC[N]CC1. The zero-order chi connectivity index (χ0) is 7.23. The Morgan fingerprint density at radius 2 is 2.10 bits per heavy atom. The van der Waals surface area contributed by atoms with Gasteiger partial charge < -0.3 is 9.69 Å². The summed E-state index contributed by atoms with van der Waals surface area (Å²) in [6.45, 7) is 4.87. The Bertz CT molecular complexity index is 99.8. The number of piperazine rings is 1. The van der Waals surface area contributed by atoms with Crippen molar-refractivity contribution in [2.75, 3.05) is 32.7 Å². The van der Waals surface area contributed by atoms with Crippen LogP contribution >= 0.6 is 0 Å². The lowest BCUT2D eigenvalue weighted by atomic mass is 10.3. The molecule has 0 saturated carbocycles. The second-order valence-corrected chi connectivity index (χ2v) is 2.47. The van der Waals surface area contributed by atoms with Crippen molar-refractivity contribution in [2.45, 2.75) is 6.42 Å². The molecule has 0 amide bonds. The molecule has 0 aromatic rings. The molecule has 57 valence electrons. The van der Waals surface area contributed by atoms with E-state index < -0.39 is 0 Å². The minimum absolute atomic E-state index is 0.667. The van der Waals surface area contributed by atoms with E-state index in [2.05, 4.69) is 10.2 Å². The minimum Gasteiger partial charge on any atom is -0.303 e. The van der Waals surface area contributed by atoms with Crippen molar-refractivity contribution < 1.29 is 4.79 Å². The van der Waals surface area contributed by atoms with Gasteiger partial charge in [0.05, 0.1) is 0 Å². The maximum absolute atomic E-state index is 10.00. The van der Waals surface area contributed by atoms with Gasteiger partial charge in [0.15, 0.2) is 0 Å². The highest BCUT2D eigenvalue weighted by Crippen LogP contribution is 1.92. The van der Waals surface area contributed by atoms with Gasteiger partial charge in [-0.1, -0.05) is 0 Å². The number of aldehydes is 1. The molecular formula is C7H13N2O. The summed E-state index contributed by atoms with van der Waals surface area (Å²) in [5.41, 5.74) is 0. The van der Waals surface area contributed by atoms with E-state index in [4.69, 9.17) is 0 Å². The van der Waals surface area contributed by atoms with Crippen LogP contribution in [0.2, 0.25) is 0 Å². The van der Waals surface area contributed by atoms with Crippen molar-refractivity contribution in [3.05, 3.63) is 0 Å². The smallest absolute Gasteiger partial charge is 0.121 e. The third-order valence-corrected chi connectivity index (χ3v) is 1.71. The van der Waals surface area contributed by atoms with Gasteiger partial charge in [0.1, 0.15) is 6.29 Å². The van der Waals surface area contributed by atoms with E-state index in [0.29, 0.717) is 6.42 Å². The van der Waals surface area contributed by atoms with Gasteiger partial charge in [0, 0.05) is 39.1 Å². The zero-order valence-corrected chi connectivity index (χ0v) is 6.12. The van der Waals surface area contributed by atoms with Crippen molar-refractivity contribution in [1.29, 1.82) is 0 Å². The fourth-order valence-electron chi connectivity index (χ4n) is 1.11. The van der Waals surface area contributed by atoms with Crippen molar-refractivity contribution in [2.24, 2.45) is 0 Å². The van der Waals surface area contributed by atoms with Crippen molar-refractivity contribution in [1.82, 2.24) is 10.2 Å². The molecule has 3 nitrogen and oxygen atoms in total. The van der Waals surface area contributed by atoms with E-state index in [1.165, 1.54) is 0 Å². The molecule has 0 atom stereocenters. The number of hydrogen-bond acceptors (Lipinski definition) is 2. The van der Waals surface area contributed by atoms with Gasteiger partial charge in [-0.2, -0.15) is 0 Å². The summed E-state index contributed by atoms with van der Waals surface area (Å²) in [6, 6.07) is 0. The van der Waals surface area contributed by atoms with E-state index in [1.54, 1.807) is 0 Å².